The van der Waals surface area contributed by atoms with Gasteiger partial charge in [0.1, 0.15) is 18.1 Å². The van der Waals surface area contributed by atoms with Crippen LogP contribution in [0.2, 0.25) is 0 Å². The first-order valence-electron chi connectivity index (χ1n) is 8.27. The molecule has 1 aromatic heterocycles. The summed E-state index contributed by atoms with van der Waals surface area (Å²) in [5.41, 5.74) is 2.50. The highest BCUT2D eigenvalue weighted by Gasteiger charge is 2.28. The molecule has 0 fully saturated rings. The Morgan fingerprint density at radius 1 is 1.23 bits per heavy atom. The highest BCUT2D eigenvalue weighted by atomic mass is 16.5. The summed E-state index contributed by atoms with van der Waals surface area (Å²) in [6.07, 6.45) is 3.74. The van der Waals surface area contributed by atoms with Crippen molar-refractivity contribution < 1.29 is 19.1 Å². The van der Waals surface area contributed by atoms with Gasteiger partial charge in [-0.1, -0.05) is 18.2 Å². The monoisotopic (exact) mass is 347 g/mol. The summed E-state index contributed by atoms with van der Waals surface area (Å²) in [7, 11) is 1.97. The zero-order valence-electron chi connectivity index (χ0n) is 14.5. The van der Waals surface area contributed by atoms with Gasteiger partial charge in [-0.3, -0.25) is 9.59 Å². The number of carbonyl (C=O) groups excluding carboxylic acids is 2. The standard InChI is InChI=1S/C21H17NO4/c1-13(23)12-25-15-7-8-17-19(10-15)26-20(21(17)24)9-14-11-22(2)18-6-4-3-5-16(14)18/h3-11H,12H2,1-2H3. The number of allylic oxidation sites excluding steroid dienone is 1. The fourth-order valence-corrected chi connectivity index (χ4v) is 3.07. The second kappa shape index (κ2) is 6.19. The molecule has 0 radical (unpaired) electrons. The van der Waals surface area contributed by atoms with E-state index in [1.54, 1.807) is 24.3 Å². The number of aryl methyl sites for hydroxylation is 1. The third kappa shape index (κ3) is 2.77. The molecule has 0 spiro atoms. The summed E-state index contributed by atoms with van der Waals surface area (Å²) in [4.78, 5) is 23.7. The Hall–Kier alpha value is -3.34. The maximum atomic E-state index is 12.6. The fourth-order valence-electron chi connectivity index (χ4n) is 3.07. The van der Waals surface area contributed by atoms with Crippen LogP contribution < -0.4 is 9.47 Å². The average molecular weight is 347 g/mol. The van der Waals surface area contributed by atoms with Crippen molar-refractivity contribution in [3.63, 3.8) is 0 Å². The highest BCUT2D eigenvalue weighted by molar-refractivity contribution is 6.15. The van der Waals surface area contributed by atoms with E-state index in [9.17, 15) is 9.59 Å². The molecule has 0 amide bonds. The normalized spacial score (nSPS) is 14.5. The van der Waals surface area contributed by atoms with Crippen molar-refractivity contribution in [3.8, 4) is 11.5 Å². The quantitative estimate of drug-likeness (QED) is 0.674. The van der Waals surface area contributed by atoms with Gasteiger partial charge in [-0.25, -0.2) is 0 Å². The Morgan fingerprint density at radius 2 is 2.04 bits per heavy atom. The molecule has 0 saturated carbocycles. The maximum absolute atomic E-state index is 12.6. The topological polar surface area (TPSA) is 57.5 Å². The van der Waals surface area contributed by atoms with Gasteiger partial charge < -0.3 is 14.0 Å². The van der Waals surface area contributed by atoms with Crippen LogP contribution in [-0.4, -0.2) is 22.7 Å². The Bertz CT molecular complexity index is 1070. The first kappa shape index (κ1) is 16.1. The van der Waals surface area contributed by atoms with E-state index in [0.29, 0.717) is 17.1 Å². The van der Waals surface area contributed by atoms with Crippen LogP contribution in [0.4, 0.5) is 0 Å². The van der Waals surface area contributed by atoms with Crippen LogP contribution in [0.25, 0.3) is 17.0 Å². The summed E-state index contributed by atoms with van der Waals surface area (Å²) in [5.74, 6) is 0.992. The van der Waals surface area contributed by atoms with Crippen molar-refractivity contribution in [1.82, 2.24) is 4.57 Å². The van der Waals surface area contributed by atoms with Gasteiger partial charge in [-0.2, -0.15) is 0 Å². The van der Waals surface area contributed by atoms with E-state index in [2.05, 4.69) is 0 Å². The van der Waals surface area contributed by atoms with Crippen LogP contribution >= 0.6 is 0 Å². The second-order valence-corrected chi connectivity index (χ2v) is 6.30. The number of hydrogen-bond acceptors (Lipinski definition) is 4. The number of hydrogen-bond donors (Lipinski definition) is 0. The van der Waals surface area contributed by atoms with Crippen LogP contribution in [0.5, 0.6) is 11.5 Å². The van der Waals surface area contributed by atoms with Gasteiger partial charge >= 0.3 is 0 Å². The molecular formula is C21H17NO4. The minimum absolute atomic E-state index is 0.00850. The van der Waals surface area contributed by atoms with Crippen LogP contribution in [0.15, 0.2) is 54.4 Å². The number of ketones is 2. The van der Waals surface area contributed by atoms with Crippen LogP contribution in [-0.2, 0) is 11.8 Å². The van der Waals surface area contributed by atoms with Crippen molar-refractivity contribution in [2.24, 2.45) is 7.05 Å². The first-order chi connectivity index (χ1) is 12.5. The molecular weight excluding hydrogens is 330 g/mol. The van der Waals surface area contributed by atoms with Gasteiger partial charge in [0.15, 0.2) is 11.5 Å². The van der Waals surface area contributed by atoms with E-state index < -0.39 is 0 Å². The predicted molar refractivity (Wildman–Crippen MR) is 98.5 cm³/mol. The van der Waals surface area contributed by atoms with Crippen LogP contribution in [0.3, 0.4) is 0 Å². The summed E-state index contributed by atoms with van der Waals surface area (Å²) in [5, 5.41) is 1.06. The van der Waals surface area contributed by atoms with Crippen molar-refractivity contribution in [1.29, 1.82) is 0 Å². The molecule has 1 aliphatic rings. The number of Topliss-reactive ketones (excluding diaryl/α,β-unsaturated/α-hetero) is 2. The number of nitrogens with zero attached hydrogens (tertiary/aromatic N) is 1. The number of ether oxygens (including phenoxy) is 2. The zero-order chi connectivity index (χ0) is 18.3. The van der Waals surface area contributed by atoms with Crippen molar-refractivity contribution in [2.75, 3.05) is 6.61 Å². The molecule has 0 saturated heterocycles. The number of para-hydroxylation sites is 1. The number of fused-ring (bicyclic) bond motifs is 2. The van der Waals surface area contributed by atoms with Crippen molar-refractivity contribution in [3.05, 3.63) is 65.5 Å². The molecule has 5 nitrogen and oxygen atoms in total. The lowest BCUT2D eigenvalue weighted by atomic mass is 10.1. The van der Waals surface area contributed by atoms with Crippen LogP contribution in [0, 0.1) is 0 Å². The van der Waals surface area contributed by atoms with E-state index >= 15 is 0 Å². The van der Waals surface area contributed by atoms with Gasteiger partial charge in [-0.05, 0) is 31.2 Å². The Balaban J connectivity index is 1.67. The lowest BCUT2D eigenvalue weighted by molar-refractivity contribution is -0.118. The predicted octanol–water partition coefficient (Wildman–Crippen LogP) is 3.76. The molecule has 26 heavy (non-hydrogen) atoms. The summed E-state index contributed by atoms with van der Waals surface area (Å²) in [6, 6.07) is 13.0. The minimum Gasteiger partial charge on any atom is -0.486 e. The second-order valence-electron chi connectivity index (χ2n) is 6.30. The molecule has 130 valence electrons. The molecule has 3 aromatic rings. The fraction of sp³-hybridized carbons (Fsp3) is 0.143. The largest absolute Gasteiger partial charge is 0.486 e. The molecule has 5 heteroatoms. The lowest BCUT2D eigenvalue weighted by Gasteiger charge is -2.04. The molecule has 1 aliphatic heterocycles. The summed E-state index contributed by atoms with van der Waals surface area (Å²) >= 11 is 0. The molecule has 2 aromatic carbocycles. The van der Waals surface area contributed by atoms with E-state index in [1.807, 2.05) is 42.1 Å². The Kier molecular flexibility index (Phi) is 3.84. The first-order valence-corrected chi connectivity index (χ1v) is 8.27. The van der Waals surface area contributed by atoms with Gasteiger partial charge in [0, 0.05) is 35.8 Å². The summed E-state index contributed by atoms with van der Waals surface area (Å²) < 4.78 is 13.2. The molecule has 0 aliphatic carbocycles. The van der Waals surface area contributed by atoms with Gasteiger partial charge in [0.25, 0.3) is 0 Å². The number of aromatic nitrogens is 1. The van der Waals surface area contributed by atoms with Gasteiger partial charge in [0.2, 0.25) is 5.78 Å². The zero-order valence-corrected chi connectivity index (χ0v) is 14.5. The average Bonchev–Trinajstić information content (AvgIpc) is 3.11. The third-order valence-corrected chi connectivity index (χ3v) is 4.30. The van der Waals surface area contributed by atoms with Crippen LogP contribution in [0.1, 0.15) is 22.8 Å². The smallest absolute Gasteiger partial charge is 0.231 e. The van der Waals surface area contributed by atoms with E-state index in [-0.39, 0.29) is 23.9 Å². The van der Waals surface area contributed by atoms with E-state index in [4.69, 9.17) is 9.47 Å². The molecule has 0 atom stereocenters. The summed E-state index contributed by atoms with van der Waals surface area (Å²) in [6.45, 7) is 1.45. The number of carbonyl (C=O) groups is 2. The van der Waals surface area contributed by atoms with Gasteiger partial charge in [0.05, 0.1) is 5.56 Å². The minimum atomic E-state index is -0.161. The number of benzene rings is 2. The molecule has 0 unspecified atom stereocenters. The molecule has 2 heterocycles. The third-order valence-electron chi connectivity index (χ3n) is 4.30. The lowest BCUT2D eigenvalue weighted by Crippen LogP contribution is -2.06. The van der Waals surface area contributed by atoms with E-state index in [1.165, 1.54) is 6.92 Å². The SMILES string of the molecule is CC(=O)COc1ccc2c(c1)OC(=Cc1cn(C)c3ccccc13)C2=O. The Labute approximate surface area is 150 Å². The highest BCUT2D eigenvalue weighted by Crippen LogP contribution is 2.35. The van der Waals surface area contributed by atoms with Gasteiger partial charge in [-0.15, -0.1) is 0 Å². The Morgan fingerprint density at radius 3 is 2.85 bits per heavy atom. The maximum Gasteiger partial charge on any atom is 0.231 e. The molecule has 0 bridgehead atoms. The van der Waals surface area contributed by atoms with E-state index in [0.717, 1.165) is 16.5 Å². The van der Waals surface area contributed by atoms with Crippen molar-refractivity contribution >= 4 is 28.5 Å². The molecule has 4 rings (SSSR count). The number of rotatable bonds is 4. The molecule has 0 N–H and O–H groups in total. The van der Waals surface area contributed by atoms with Crippen molar-refractivity contribution in [2.45, 2.75) is 6.92 Å².